The van der Waals surface area contributed by atoms with Crippen LogP contribution >= 0.6 is 0 Å². The van der Waals surface area contributed by atoms with Crippen LogP contribution in [0.3, 0.4) is 0 Å². The van der Waals surface area contributed by atoms with E-state index in [1.54, 1.807) is 0 Å². The lowest BCUT2D eigenvalue weighted by molar-refractivity contribution is -0.137. The van der Waals surface area contributed by atoms with Crippen LogP contribution in [0.5, 0.6) is 0 Å². The molecule has 1 aromatic heterocycles. The van der Waals surface area contributed by atoms with Crippen molar-refractivity contribution in [3.63, 3.8) is 0 Å². The molecular weight excluding hydrogens is 380 g/mol. The number of aromatic nitrogens is 1. The molecule has 0 saturated carbocycles. The molecule has 0 spiro atoms. The second-order valence-electron chi connectivity index (χ2n) is 10.2. The molecule has 2 aliphatic rings. The lowest BCUT2D eigenvalue weighted by Crippen LogP contribution is -2.45. The molecule has 0 aliphatic carbocycles. The fraction of sp³-hybridized carbons (Fsp3) is 0.429. The Morgan fingerprint density at radius 3 is 2.23 bits per heavy atom. The van der Waals surface area contributed by atoms with Crippen molar-refractivity contribution in [1.29, 1.82) is 0 Å². The van der Waals surface area contributed by atoms with Crippen molar-refractivity contribution in [2.75, 3.05) is 0 Å². The third kappa shape index (κ3) is 3.21. The van der Waals surface area contributed by atoms with Gasteiger partial charge >= 0.3 is 0 Å². The summed E-state index contributed by atoms with van der Waals surface area (Å²) in [6, 6.07) is 14.1. The molecule has 2 bridgehead atoms. The number of amides is 1. The summed E-state index contributed by atoms with van der Waals surface area (Å²) in [4.78, 5) is 19.5. The van der Waals surface area contributed by atoms with Gasteiger partial charge in [0.1, 0.15) is 0 Å². The molecule has 3 heterocycles. The van der Waals surface area contributed by atoms with Gasteiger partial charge in [0.25, 0.3) is 0 Å². The zero-order valence-electron chi connectivity index (χ0n) is 19.2. The van der Waals surface area contributed by atoms with E-state index in [1.165, 1.54) is 53.3 Å². The van der Waals surface area contributed by atoms with Crippen molar-refractivity contribution < 1.29 is 4.79 Å². The molecular formula is C28H33N2O. The summed E-state index contributed by atoms with van der Waals surface area (Å²) in [5.74, 6) is 0.290. The van der Waals surface area contributed by atoms with Crippen LogP contribution in [0.25, 0.3) is 22.2 Å². The molecule has 1 radical (unpaired) electrons. The van der Waals surface area contributed by atoms with Crippen molar-refractivity contribution in [3.8, 4) is 11.3 Å². The van der Waals surface area contributed by atoms with Gasteiger partial charge in [-0.15, -0.1) is 0 Å². The normalized spacial score (nSPS) is 20.7. The summed E-state index contributed by atoms with van der Waals surface area (Å²) in [6.45, 7) is 12.7. The molecule has 161 valence electrons. The minimum absolute atomic E-state index is 0.290. The predicted molar refractivity (Wildman–Crippen MR) is 128 cm³/mol. The maximum atomic E-state index is 13.6. The number of H-pyrrole nitrogens is 1. The van der Waals surface area contributed by atoms with E-state index in [4.69, 9.17) is 0 Å². The Balaban J connectivity index is 1.57. The second kappa shape index (κ2) is 7.25. The number of aromatic amines is 1. The number of nitrogens with zero attached hydrogens (tertiary/aromatic N) is 1. The van der Waals surface area contributed by atoms with Gasteiger partial charge in [0, 0.05) is 28.7 Å². The molecule has 3 nitrogen and oxygen atoms in total. The summed E-state index contributed by atoms with van der Waals surface area (Å²) < 4.78 is 0. The largest absolute Gasteiger partial charge is 0.354 e. The number of fused-ring (bicyclic) bond motifs is 3. The number of nitrogens with one attached hydrogen (secondary N) is 1. The van der Waals surface area contributed by atoms with Crippen LogP contribution < -0.4 is 0 Å². The van der Waals surface area contributed by atoms with Crippen molar-refractivity contribution in [1.82, 2.24) is 9.88 Å². The first-order valence-corrected chi connectivity index (χ1v) is 11.7. The Kier molecular flexibility index (Phi) is 4.76. The van der Waals surface area contributed by atoms with Gasteiger partial charge in [0.2, 0.25) is 5.91 Å². The van der Waals surface area contributed by atoms with E-state index >= 15 is 0 Å². The second-order valence-corrected chi connectivity index (χ2v) is 10.2. The number of carbonyl (C=O) groups is 1. The summed E-state index contributed by atoms with van der Waals surface area (Å²) in [7, 11) is 0. The third-order valence-corrected chi connectivity index (χ3v) is 7.61. The number of aryl methyl sites for hydroxylation is 2. The van der Waals surface area contributed by atoms with Gasteiger partial charge in [-0.25, -0.2) is 0 Å². The van der Waals surface area contributed by atoms with Crippen LogP contribution in [0.4, 0.5) is 0 Å². The van der Waals surface area contributed by atoms with E-state index in [2.05, 4.69) is 80.9 Å². The fourth-order valence-corrected chi connectivity index (χ4v) is 5.95. The third-order valence-electron chi connectivity index (χ3n) is 7.61. The minimum atomic E-state index is -0.533. The fourth-order valence-electron chi connectivity index (χ4n) is 5.95. The van der Waals surface area contributed by atoms with Crippen molar-refractivity contribution in [2.24, 2.45) is 0 Å². The summed E-state index contributed by atoms with van der Waals surface area (Å²) in [5.41, 5.74) is 7.78. The highest BCUT2D eigenvalue weighted by Gasteiger charge is 2.46. The molecule has 5 rings (SSSR count). The number of rotatable bonds is 4. The van der Waals surface area contributed by atoms with Gasteiger partial charge in [-0.1, -0.05) is 23.3 Å². The van der Waals surface area contributed by atoms with Crippen LogP contribution in [-0.4, -0.2) is 27.9 Å². The van der Waals surface area contributed by atoms with Gasteiger partial charge in [-0.3, -0.25) is 4.79 Å². The lowest BCUT2D eigenvalue weighted by Gasteiger charge is -2.33. The minimum Gasteiger partial charge on any atom is -0.354 e. The maximum absolute atomic E-state index is 13.6. The van der Waals surface area contributed by atoms with E-state index in [0.717, 1.165) is 16.8 Å². The molecule has 2 saturated heterocycles. The molecule has 0 atom stereocenters. The van der Waals surface area contributed by atoms with Crippen molar-refractivity contribution in [3.05, 3.63) is 65.6 Å². The molecule has 2 fully saturated rings. The number of hydrogen-bond donors (Lipinski definition) is 1. The standard InChI is InChI=1S/C28H33N2O/c1-6-23-24-16-20(28(4,5)27(31)30-21-8-9-22(30)11-10-21)7-12-25(24)29-26(23)19-14-17(2)13-18(3)15-19/h7,12-16,21-22,29H,1,6,8-11H2,2-5H3. The first-order valence-electron chi connectivity index (χ1n) is 11.7. The van der Waals surface area contributed by atoms with Gasteiger partial charge < -0.3 is 9.88 Å². The molecule has 2 aromatic carbocycles. The Labute approximate surface area is 185 Å². The molecule has 3 heteroatoms. The zero-order chi connectivity index (χ0) is 21.9. The van der Waals surface area contributed by atoms with Gasteiger partial charge in [-0.2, -0.15) is 0 Å². The number of hydrogen-bond acceptors (Lipinski definition) is 1. The SMILES string of the molecule is [CH2]Cc1c(-c2cc(C)cc(C)c2)[nH]c2ccc(C(C)(C)C(=O)N3C4CCC3CC4)cc12. The highest BCUT2D eigenvalue weighted by molar-refractivity contribution is 5.94. The van der Waals surface area contributed by atoms with Crippen molar-refractivity contribution in [2.45, 2.75) is 77.3 Å². The first kappa shape index (κ1) is 20.4. The Bertz CT molecular complexity index is 1130. The van der Waals surface area contributed by atoms with Gasteiger partial charge in [0.15, 0.2) is 0 Å². The predicted octanol–water partition coefficient (Wildman–Crippen LogP) is 6.26. The summed E-state index contributed by atoms with van der Waals surface area (Å²) >= 11 is 0. The first-order chi connectivity index (χ1) is 14.8. The molecule has 3 aromatic rings. The topological polar surface area (TPSA) is 36.1 Å². The van der Waals surface area contributed by atoms with E-state index in [-0.39, 0.29) is 5.91 Å². The monoisotopic (exact) mass is 413 g/mol. The van der Waals surface area contributed by atoms with Crippen LogP contribution in [0, 0.1) is 20.8 Å². The molecule has 0 unspecified atom stereocenters. The highest BCUT2D eigenvalue weighted by atomic mass is 16.2. The number of carbonyl (C=O) groups excluding carboxylic acids is 1. The Hall–Kier alpha value is -2.55. The molecule has 1 amide bonds. The van der Waals surface area contributed by atoms with Crippen molar-refractivity contribution >= 4 is 16.8 Å². The van der Waals surface area contributed by atoms with E-state index < -0.39 is 5.41 Å². The average Bonchev–Trinajstić information content (AvgIpc) is 3.43. The quantitative estimate of drug-likeness (QED) is 0.538. The van der Waals surface area contributed by atoms with Gasteiger partial charge in [-0.05, 0) is 108 Å². The lowest BCUT2D eigenvalue weighted by atomic mass is 9.82. The van der Waals surface area contributed by atoms with Gasteiger partial charge in [0.05, 0.1) is 5.41 Å². The van der Waals surface area contributed by atoms with E-state index in [1.807, 2.05) is 0 Å². The summed E-state index contributed by atoms with van der Waals surface area (Å²) in [5, 5.41) is 1.19. The Morgan fingerprint density at radius 2 is 1.65 bits per heavy atom. The zero-order valence-corrected chi connectivity index (χ0v) is 19.2. The molecule has 31 heavy (non-hydrogen) atoms. The van der Waals surface area contributed by atoms with Crippen LogP contribution in [-0.2, 0) is 16.6 Å². The summed E-state index contributed by atoms with van der Waals surface area (Å²) in [6.07, 6.45) is 5.40. The maximum Gasteiger partial charge on any atom is 0.233 e. The molecule has 2 aliphatic heterocycles. The number of benzene rings is 2. The van der Waals surface area contributed by atoms with Crippen LogP contribution in [0.1, 0.15) is 61.8 Å². The smallest absolute Gasteiger partial charge is 0.233 e. The Morgan fingerprint density at radius 1 is 1.03 bits per heavy atom. The van der Waals surface area contributed by atoms with E-state index in [0.29, 0.717) is 18.5 Å². The molecule has 1 N–H and O–H groups in total. The highest BCUT2D eigenvalue weighted by Crippen LogP contribution is 2.42. The van der Waals surface area contributed by atoms with E-state index in [9.17, 15) is 4.79 Å². The van der Waals surface area contributed by atoms with Crippen LogP contribution in [0.15, 0.2) is 36.4 Å². The average molecular weight is 414 g/mol. The van der Waals surface area contributed by atoms with Crippen LogP contribution in [0.2, 0.25) is 0 Å².